The summed E-state index contributed by atoms with van der Waals surface area (Å²) >= 11 is 0. The van der Waals surface area contributed by atoms with Gasteiger partial charge < -0.3 is 14.7 Å². The third-order valence-electron chi connectivity index (χ3n) is 12.9. The number of aromatic nitrogens is 2. The number of H-pyrrole nitrogens is 1. The number of phenols is 1. The fourth-order valence-electron chi connectivity index (χ4n) is 10.1. The number of carbonyl (C=O) groups excluding carboxylic acids is 1. The maximum atomic E-state index is 15.0. The molecule has 1 saturated heterocycles. The summed E-state index contributed by atoms with van der Waals surface area (Å²) in [5, 5.41) is 18.1. The number of nitrogens with one attached hydrogen (secondary N) is 1. The molecule has 1 amide bonds. The largest absolute Gasteiger partial charge is 0.508 e. The average Bonchev–Trinajstić information content (AvgIpc) is 3.49. The number of aromatic amines is 1. The quantitative estimate of drug-likeness (QED) is 0.187. The molecule has 4 aromatic rings. The topological polar surface area (TPSA) is 98.8 Å². The molecule has 0 spiro atoms. The minimum absolute atomic E-state index is 0.0803. The average molecular weight is 693 g/mol. The molecule has 1 aromatic heterocycles. The molecule has 9 heteroatoms. The molecule has 0 bridgehead atoms. The first kappa shape index (κ1) is 34.0. The number of phenolic OH excluding ortho intramolecular Hbond substituents is 1. The first-order chi connectivity index (χ1) is 24.8. The van der Waals surface area contributed by atoms with E-state index in [0.717, 1.165) is 68.8 Å². The van der Waals surface area contributed by atoms with Gasteiger partial charge in [0, 0.05) is 44.6 Å². The Labute approximate surface area is 299 Å². The molecule has 3 aromatic carbocycles. The molecule has 8 nitrogen and oxygen atoms in total. The second kappa shape index (κ2) is 14.2. The molecule has 51 heavy (non-hydrogen) atoms. The van der Waals surface area contributed by atoms with Crippen molar-refractivity contribution in [3.05, 3.63) is 105 Å². The minimum atomic E-state index is -0.522. The van der Waals surface area contributed by atoms with Crippen molar-refractivity contribution in [3.63, 3.8) is 0 Å². The van der Waals surface area contributed by atoms with Gasteiger partial charge in [0.2, 0.25) is 0 Å². The van der Waals surface area contributed by atoms with E-state index in [0.29, 0.717) is 54.3 Å². The highest BCUT2D eigenvalue weighted by molar-refractivity contribution is 5.95. The van der Waals surface area contributed by atoms with Crippen molar-refractivity contribution in [1.82, 2.24) is 20.0 Å². The Kier molecular flexibility index (Phi) is 9.44. The lowest BCUT2D eigenvalue weighted by Gasteiger charge is -2.50. The van der Waals surface area contributed by atoms with Crippen molar-refractivity contribution in [1.29, 1.82) is 0 Å². The Bertz CT molecular complexity index is 1970. The zero-order valence-electron chi connectivity index (χ0n) is 29.6. The molecule has 1 aliphatic heterocycles. The lowest BCUT2D eigenvalue weighted by atomic mass is 9.55. The van der Waals surface area contributed by atoms with Crippen LogP contribution >= 0.6 is 0 Å². The molecule has 5 atom stereocenters. The molecule has 0 unspecified atom stereocenters. The number of aryl methyl sites for hydroxylation is 1. The molecule has 3 fully saturated rings. The molecule has 4 aliphatic rings. The number of fused-ring (bicyclic) bond motifs is 6. The highest BCUT2D eigenvalue weighted by Gasteiger charge is 2.55. The number of nitrogens with zero attached hydrogens (tertiary/aromatic N) is 3. The van der Waals surface area contributed by atoms with Crippen LogP contribution in [0, 0.1) is 23.1 Å². The van der Waals surface area contributed by atoms with E-state index in [-0.39, 0.29) is 22.4 Å². The standard InChI is InChI=1S/C42H49FN4O4/c1-42-17-16-31-30-12-10-29(48)26-28(30)9-11-32(31)36(42)13-15-39(42)51-23-5-4-18-46-19-21-47(22-20-46)41(50)35-24-27(8-14-37(35)43)25-38-33-6-2-3-7-34(33)40(49)45-44-38/h2-3,6-8,10,12,14,24,26,31-32,36,39,48H,4-5,9,11,13,15-23,25H2,1H3,(H,45,49)/t31-,32-,36+,39+,42+/m1/s1. The Hall–Kier alpha value is -4.08. The zero-order chi connectivity index (χ0) is 35.1. The van der Waals surface area contributed by atoms with Crippen LogP contribution < -0.4 is 5.56 Å². The van der Waals surface area contributed by atoms with E-state index in [4.69, 9.17) is 4.74 Å². The fraction of sp³-hybridized carbons (Fsp3) is 0.500. The normalized spacial score (nSPS) is 26.1. The van der Waals surface area contributed by atoms with Crippen LogP contribution in [0.5, 0.6) is 5.75 Å². The van der Waals surface area contributed by atoms with Gasteiger partial charge in [0.1, 0.15) is 11.6 Å². The van der Waals surface area contributed by atoms with Crippen molar-refractivity contribution in [2.45, 2.75) is 76.7 Å². The number of unbranched alkanes of at least 4 members (excludes halogenated alkanes) is 1. The highest BCUT2D eigenvalue weighted by Crippen LogP contribution is 2.61. The summed E-state index contributed by atoms with van der Waals surface area (Å²) in [4.78, 5) is 29.8. The second-order valence-electron chi connectivity index (χ2n) is 15.7. The van der Waals surface area contributed by atoms with Crippen LogP contribution in [0.15, 0.2) is 65.5 Å². The van der Waals surface area contributed by atoms with Gasteiger partial charge in [-0.15, -0.1) is 0 Å². The summed E-state index contributed by atoms with van der Waals surface area (Å²) in [6.07, 6.45) is 9.94. The van der Waals surface area contributed by atoms with E-state index >= 15 is 0 Å². The predicted molar refractivity (Wildman–Crippen MR) is 196 cm³/mol. The van der Waals surface area contributed by atoms with Crippen molar-refractivity contribution in [2.75, 3.05) is 39.3 Å². The molecule has 8 rings (SSSR count). The molecule has 2 saturated carbocycles. The van der Waals surface area contributed by atoms with Gasteiger partial charge in [-0.25, -0.2) is 9.49 Å². The van der Waals surface area contributed by atoms with Crippen LogP contribution in [0.4, 0.5) is 4.39 Å². The lowest BCUT2D eigenvalue weighted by Crippen LogP contribution is -2.49. The van der Waals surface area contributed by atoms with Gasteiger partial charge in [-0.05, 0) is 128 Å². The van der Waals surface area contributed by atoms with Gasteiger partial charge in [-0.2, -0.15) is 5.10 Å². The second-order valence-corrected chi connectivity index (χ2v) is 15.7. The summed E-state index contributed by atoms with van der Waals surface area (Å²) < 4.78 is 21.6. The Morgan fingerprint density at radius 1 is 1.00 bits per heavy atom. The lowest BCUT2D eigenvalue weighted by molar-refractivity contribution is -0.0649. The van der Waals surface area contributed by atoms with Gasteiger partial charge in [0.25, 0.3) is 11.5 Å². The van der Waals surface area contributed by atoms with Gasteiger partial charge in [0.15, 0.2) is 0 Å². The number of amides is 1. The Morgan fingerprint density at radius 2 is 1.82 bits per heavy atom. The smallest absolute Gasteiger partial charge is 0.272 e. The molecular formula is C42H49FN4O4. The maximum absolute atomic E-state index is 15.0. The van der Waals surface area contributed by atoms with Gasteiger partial charge >= 0.3 is 0 Å². The molecule has 2 heterocycles. The van der Waals surface area contributed by atoms with Crippen LogP contribution in [-0.2, 0) is 17.6 Å². The van der Waals surface area contributed by atoms with E-state index in [1.54, 1.807) is 23.1 Å². The first-order valence-electron chi connectivity index (χ1n) is 19.0. The molecule has 3 aliphatic carbocycles. The SMILES string of the molecule is C[C@]12CC[C@@H]3c4ccc(O)cc4CC[C@H]3[C@@H]1CC[C@@H]2OCCCCN1CCN(C(=O)c2cc(Cc3n[nH]c(=O)c4ccccc34)ccc2F)CC1. The summed E-state index contributed by atoms with van der Waals surface area (Å²) in [6, 6.07) is 18.0. The van der Waals surface area contributed by atoms with Crippen molar-refractivity contribution in [2.24, 2.45) is 17.3 Å². The summed E-state index contributed by atoms with van der Waals surface area (Å²) in [7, 11) is 0. The third kappa shape index (κ3) is 6.59. The van der Waals surface area contributed by atoms with Gasteiger partial charge in [0.05, 0.1) is 22.7 Å². The molecule has 0 radical (unpaired) electrons. The van der Waals surface area contributed by atoms with Crippen molar-refractivity contribution >= 4 is 16.7 Å². The van der Waals surface area contributed by atoms with E-state index < -0.39 is 5.82 Å². The minimum Gasteiger partial charge on any atom is -0.508 e. The number of rotatable bonds is 9. The van der Waals surface area contributed by atoms with E-state index in [1.807, 2.05) is 30.3 Å². The van der Waals surface area contributed by atoms with Crippen LogP contribution in [0.3, 0.4) is 0 Å². The maximum Gasteiger partial charge on any atom is 0.272 e. The number of hydrogen-bond donors (Lipinski definition) is 2. The first-order valence-corrected chi connectivity index (χ1v) is 19.0. The van der Waals surface area contributed by atoms with E-state index in [1.165, 1.54) is 42.9 Å². The van der Waals surface area contributed by atoms with Crippen LogP contribution in [0.2, 0.25) is 0 Å². The number of ether oxygens (including phenoxy) is 1. The van der Waals surface area contributed by atoms with E-state index in [9.17, 15) is 19.1 Å². The summed E-state index contributed by atoms with van der Waals surface area (Å²) in [5.41, 5.74) is 4.36. The number of piperazine rings is 1. The number of halogens is 1. The summed E-state index contributed by atoms with van der Waals surface area (Å²) in [6.45, 7) is 6.94. The third-order valence-corrected chi connectivity index (χ3v) is 12.9. The van der Waals surface area contributed by atoms with Crippen LogP contribution in [0.25, 0.3) is 10.8 Å². The Morgan fingerprint density at radius 3 is 2.67 bits per heavy atom. The van der Waals surface area contributed by atoms with Crippen LogP contribution in [-0.4, -0.2) is 76.4 Å². The number of benzene rings is 3. The highest BCUT2D eigenvalue weighted by atomic mass is 19.1. The number of hydrogen-bond acceptors (Lipinski definition) is 6. The zero-order valence-corrected chi connectivity index (χ0v) is 29.6. The van der Waals surface area contributed by atoms with Gasteiger partial charge in [-0.1, -0.05) is 37.3 Å². The fourth-order valence-corrected chi connectivity index (χ4v) is 10.1. The van der Waals surface area contributed by atoms with Crippen molar-refractivity contribution < 1.29 is 19.0 Å². The molecule has 268 valence electrons. The van der Waals surface area contributed by atoms with Gasteiger partial charge in [-0.3, -0.25) is 14.5 Å². The monoisotopic (exact) mass is 692 g/mol. The predicted octanol–water partition coefficient (Wildman–Crippen LogP) is 6.84. The number of carbonyl (C=O) groups is 1. The summed E-state index contributed by atoms with van der Waals surface area (Å²) in [5.74, 6) is 1.65. The van der Waals surface area contributed by atoms with Crippen molar-refractivity contribution in [3.8, 4) is 5.75 Å². The Balaban J connectivity index is 0.791. The molecule has 2 N–H and O–H groups in total. The van der Waals surface area contributed by atoms with Crippen LogP contribution in [0.1, 0.15) is 90.5 Å². The number of aromatic hydroxyl groups is 1. The van der Waals surface area contributed by atoms with E-state index in [2.05, 4.69) is 28.1 Å². The molecular weight excluding hydrogens is 643 g/mol.